The Morgan fingerprint density at radius 1 is 1.00 bits per heavy atom. The maximum atomic E-state index is 10.5. The second-order valence-electron chi connectivity index (χ2n) is 4.34. The summed E-state index contributed by atoms with van der Waals surface area (Å²) in [5, 5.41) is 0. The molecule has 0 atom stereocenters. The SMILES string of the molecule is CC(=O)OCCCCCCCc1ccccc1. The molecule has 2 heteroatoms. The zero-order valence-corrected chi connectivity index (χ0v) is 10.7. The van der Waals surface area contributed by atoms with Crippen molar-refractivity contribution in [2.24, 2.45) is 0 Å². The molecule has 94 valence electrons. The van der Waals surface area contributed by atoms with Crippen molar-refractivity contribution in [3.8, 4) is 0 Å². The van der Waals surface area contributed by atoms with E-state index in [9.17, 15) is 4.79 Å². The van der Waals surface area contributed by atoms with Crippen LogP contribution >= 0.6 is 0 Å². The topological polar surface area (TPSA) is 26.3 Å². The van der Waals surface area contributed by atoms with Crippen LogP contribution in [0.3, 0.4) is 0 Å². The molecule has 1 aromatic carbocycles. The van der Waals surface area contributed by atoms with Gasteiger partial charge in [-0.05, 0) is 24.8 Å². The predicted octanol–water partition coefficient (Wildman–Crippen LogP) is 3.74. The molecule has 0 aliphatic rings. The molecule has 0 aromatic heterocycles. The van der Waals surface area contributed by atoms with Crippen LogP contribution in [0.15, 0.2) is 30.3 Å². The standard InChI is InChI=1S/C15H22O2/c1-14(16)17-13-9-4-2-3-6-10-15-11-7-5-8-12-15/h5,7-8,11-12H,2-4,6,9-10,13H2,1H3. The summed E-state index contributed by atoms with van der Waals surface area (Å²) in [5.41, 5.74) is 1.42. The minimum atomic E-state index is -0.172. The molecule has 0 heterocycles. The van der Waals surface area contributed by atoms with Gasteiger partial charge in [0.25, 0.3) is 0 Å². The zero-order valence-electron chi connectivity index (χ0n) is 10.7. The Balaban J connectivity index is 1.90. The Morgan fingerprint density at radius 2 is 1.65 bits per heavy atom. The number of carbonyl (C=O) groups is 1. The van der Waals surface area contributed by atoms with Gasteiger partial charge in [-0.15, -0.1) is 0 Å². The number of rotatable bonds is 8. The van der Waals surface area contributed by atoms with Crippen LogP contribution in [-0.4, -0.2) is 12.6 Å². The Bertz CT molecular complexity index is 306. The van der Waals surface area contributed by atoms with Gasteiger partial charge in [0.05, 0.1) is 6.61 Å². The third kappa shape index (κ3) is 7.56. The first-order valence-corrected chi connectivity index (χ1v) is 6.46. The predicted molar refractivity (Wildman–Crippen MR) is 69.9 cm³/mol. The number of unbranched alkanes of at least 4 members (excludes halogenated alkanes) is 4. The minimum absolute atomic E-state index is 0.172. The summed E-state index contributed by atoms with van der Waals surface area (Å²) in [7, 11) is 0. The van der Waals surface area contributed by atoms with E-state index >= 15 is 0 Å². The lowest BCUT2D eigenvalue weighted by atomic mass is 10.1. The van der Waals surface area contributed by atoms with Gasteiger partial charge in [-0.25, -0.2) is 0 Å². The first kappa shape index (κ1) is 13.8. The Kier molecular flexibility index (Phi) is 7.12. The molecule has 0 radical (unpaired) electrons. The summed E-state index contributed by atoms with van der Waals surface area (Å²) in [6.45, 7) is 2.04. The molecule has 0 bridgehead atoms. The lowest BCUT2D eigenvalue weighted by Gasteiger charge is -2.03. The van der Waals surface area contributed by atoms with E-state index in [0.29, 0.717) is 6.61 Å². The summed E-state index contributed by atoms with van der Waals surface area (Å²) in [5.74, 6) is -0.172. The zero-order chi connectivity index (χ0) is 12.3. The Labute approximate surface area is 104 Å². The maximum absolute atomic E-state index is 10.5. The van der Waals surface area contributed by atoms with Gasteiger partial charge in [0.1, 0.15) is 0 Å². The van der Waals surface area contributed by atoms with Gasteiger partial charge in [-0.3, -0.25) is 4.79 Å². The van der Waals surface area contributed by atoms with Crippen molar-refractivity contribution in [3.63, 3.8) is 0 Å². The molecule has 0 saturated heterocycles. The molecule has 0 aliphatic heterocycles. The van der Waals surface area contributed by atoms with Crippen molar-refractivity contribution >= 4 is 5.97 Å². The maximum Gasteiger partial charge on any atom is 0.302 e. The van der Waals surface area contributed by atoms with E-state index < -0.39 is 0 Å². The van der Waals surface area contributed by atoms with E-state index in [0.717, 1.165) is 12.8 Å². The molecule has 1 aromatic rings. The third-order valence-corrected chi connectivity index (χ3v) is 2.76. The van der Waals surface area contributed by atoms with Crippen LogP contribution in [0.1, 0.15) is 44.6 Å². The third-order valence-electron chi connectivity index (χ3n) is 2.76. The van der Waals surface area contributed by atoms with Gasteiger partial charge in [-0.1, -0.05) is 49.6 Å². The second-order valence-corrected chi connectivity index (χ2v) is 4.34. The highest BCUT2D eigenvalue weighted by atomic mass is 16.5. The van der Waals surface area contributed by atoms with Gasteiger partial charge in [0.2, 0.25) is 0 Å². The summed E-state index contributed by atoms with van der Waals surface area (Å²) in [6.07, 6.45) is 7.05. The fraction of sp³-hybridized carbons (Fsp3) is 0.533. The number of ether oxygens (including phenoxy) is 1. The van der Waals surface area contributed by atoms with Crippen LogP contribution < -0.4 is 0 Å². The quantitative estimate of drug-likeness (QED) is 0.506. The highest BCUT2D eigenvalue weighted by Crippen LogP contribution is 2.08. The molecular formula is C15H22O2. The molecule has 0 aliphatic carbocycles. The number of benzene rings is 1. The van der Waals surface area contributed by atoms with Crippen molar-refractivity contribution in [1.29, 1.82) is 0 Å². The number of hydrogen-bond donors (Lipinski definition) is 0. The summed E-state index contributed by atoms with van der Waals surface area (Å²) in [4.78, 5) is 10.5. The van der Waals surface area contributed by atoms with Crippen molar-refractivity contribution in [1.82, 2.24) is 0 Å². The molecule has 0 fully saturated rings. The van der Waals surface area contributed by atoms with Crippen LogP contribution in [0.25, 0.3) is 0 Å². The summed E-state index contributed by atoms with van der Waals surface area (Å²) < 4.78 is 4.88. The van der Waals surface area contributed by atoms with Gasteiger partial charge < -0.3 is 4.74 Å². The van der Waals surface area contributed by atoms with Crippen LogP contribution in [0.5, 0.6) is 0 Å². The first-order valence-electron chi connectivity index (χ1n) is 6.46. The van der Waals surface area contributed by atoms with Gasteiger partial charge in [-0.2, -0.15) is 0 Å². The molecule has 0 unspecified atom stereocenters. The van der Waals surface area contributed by atoms with Crippen molar-refractivity contribution in [3.05, 3.63) is 35.9 Å². The first-order chi connectivity index (χ1) is 8.29. The second kappa shape index (κ2) is 8.80. The van der Waals surface area contributed by atoms with Crippen molar-refractivity contribution < 1.29 is 9.53 Å². The van der Waals surface area contributed by atoms with Gasteiger partial charge in [0, 0.05) is 6.92 Å². The number of aryl methyl sites for hydroxylation is 1. The number of esters is 1. The van der Waals surface area contributed by atoms with E-state index in [1.807, 2.05) is 0 Å². The smallest absolute Gasteiger partial charge is 0.302 e. The lowest BCUT2D eigenvalue weighted by Crippen LogP contribution is -2.00. The van der Waals surface area contributed by atoms with Crippen LogP contribution in [0.2, 0.25) is 0 Å². The lowest BCUT2D eigenvalue weighted by molar-refractivity contribution is -0.141. The highest BCUT2D eigenvalue weighted by Gasteiger charge is 1.95. The molecule has 0 N–H and O–H groups in total. The monoisotopic (exact) mass is 234 g/mol. The van der Waals surface area contributed by atoms with E-state index in [1.165, 1.54) is 38.2 Å². The molecule has 1 rings (SSSR count). The molecule has 2 nitrogen and oxygen atoms in total. The average molecular weight is 234 g/mol. The summed E-state index contributed by atoms with van der Waals surface area (Å²) >= 11 is 0. The molecule has 0 spiro atoms. The van der Waals surface area contributed by atoms with Crippen LogP contribution in [0, 0.1) is 0 Å². The largest absolute Gasteiger partial charge is 0.466 e. The van der Waals surface area contributed by atoms with Gasteiger partial charge in [0.15, 0.2) is 0 Å². The van der Waals surface area contributed by atoms with E-state index in [2.05, 4.69) is 30.3 Å². The molecule has 0 amide bonds. The van der Waals surface area contributed by atoms with E-state index in [1.54, 1.807) is 0 Å². The molecule has 0 saturated carbocycles. The van der Waals surface area contributed by atoms with Crippen LogP contribution in [0.4, 0.5) is 0 Å². The van der Waals surface area contributed by atoms with Crippen molar-refractivity contribution in [2.45, 2.75) is 45.4 Å². The van der Waals surface area contributed by atoms with Crippen molar-refractivity contribution in [2.75, 3.05) is 6.61 Å². The van der Waals surface area contributed by atoms with E-state index in [-0.39, 0.29) is 5.97 Å². The van der Waals surface area contributed by atoms with Crippen LogP contribution in [-0.2, 0) is 16.0 Å². The Morgan fingerprint density at radius 3 is 2.35 bits per heavy atom. The fourth-order valence-corrected chi connectivity index (χ4v) is 1.82. The normalized spacial score (nSPS) is 10.2. The highest BCUT2D eigenvalue weighted by molar-refractivity contribution is 5.65. The molecule has 17 heavy (non-hydrogen) atoms. The van der Waals surface area contributed by atoms with E-state index in [4.69, 9.17) is 4.74 Å². The summed E-state index contributed by atoms with van der Waals surface area (Å²) in [6, 6.07) is 10.6. The number of carbonyl (C=O) groups excluding carboxylic acids is 1. The van der Waals surface area contributed by atoms with Gasteiger partial charge >= 0.3 is 5.97 Å². The average Bonchev–Trinajstić information content (AvgIpc) is 2.33. The molecular weight excluding hydrogens is 212 g/mol. The Hall–Kier alpha value is -1.31. The number of hydrogen-bond acceptors (Lipinski definition) is 2. The fourth-order valence-electron chi connectivity index (χ4n) is 1.82. The minimum Gasteiger partial charge on any atom is -0.466 e.